The van der Waals surface area contributed by atoms with Gasteiger partial charge in [0.05, 0.1) is 12.7 Å². The van der Waals surface area contributed by atoms with E-state index in [1.165, 1.54) is 16.7 Å². The third-order valence-corrected chi connectivity index (χ3v) is 3.56. The van der Waals surface area contributed by atoms with Crippen LogP contribution in [0.5, 0.6) is 5.75 Å². The number of rotatable bonds is 3. The van der Waals surface area contributed by atoms with Crippen molar-refractivity contribution in [3.8, 4) is 5.75 Å². The lowest BCUT2D eigenvalue weighted by atomic mass is 9.97. The first-order valence-corrected chi connectivity index (χ1v) is 6.73. The first-order chi connectivity index (χ1) is 8.58. The van der Waals surface area contributed by atoms with Crippen molar-refractivity contribution >= 4 is 0 Å². The zero-order valence-electron chi connectivity index (χ0n) is 11.5. The number of ether oxygens (including phenoxy) is 1. The fourth-order valence-corrected chi connectivity index (χ4v) is 2.36. The fourth-order valence-electron chi connectivity index (χ4n) is 2.36. The molecule has 2 N–H and O–H groups in total. The highest BCUT2D eigenvalue weighted by Crippen LogP contribution is 2.33. The molecule has 3 heteroatoms. The van der Waals surface area contributed by atoms with Crippen molar-refractivity contribution in [1.82, 2.24) is 5.32 Å². The molecule has 1 heterocycles. The minimum atomic E-state index is -0.316. The summed E-state index contributed by atoms with van der Waals surface area (Å²) in [5, 5.41) is 12.8. The molecule has 18 heavy (non-hydrogen) atoms. The molecule has 0 aromatic heterocycles. The van der Waals surface area contributed by atoms with Gasteiger partial charge in [0.2, 0.25) is 0 Å². The Kier molecular flexibility index (Phi) is 4.25. The fraction of sp³-hybridized carbons (Fsp3) is 0.600. The third kappa shape index (κ3) is 3.03. The predicted octanol–water partition coefficient (Wildman–Crippen LogP) is 2.49. The van der Waals surface area contributed by atoms with Gasteiger partial charge in [0.1, 0.15) is 5.75 Å². The average molecular weight is 249 g/mol. The summed E-state index contributed by atoms with van der Waals surface area (Å²) in [7, 11) is 0. The van der Waals surface area contributed by atoms with Crippen molar-refractivity contribution < 1.29 is 9.84 Å². The molecular formula is C15H23NO2. The van der Waals surface area contributed by atoms with E-state index in [4.69, 9.17) is 4.74 Å². The van der Waals surface area contributed by atoms with E-state index in [0.29, 0.717) is 6.54 Å². The zero-order valence-corrected chi connectivity index (χ0v) is 11.5. The number of benzene rings is 1. The highest BCUT2D eigenvalue weighted by atomic mass is 16.5. The molecule has 1 aromatic rings. The number of nitrogens with one attached hydrogen (secondary N) is 1. The van der Waals surface area contributed by atoms with Gasteiger partial charge in [-0.3, -0.25) is 0 Å². The molecule has 0 aliphatic carbocycles. The smallest absolute Gasteiger partial charge is 0.124 e. The van der Waals surface area contributed by atoms with Gasteiger partial charge in [-0.1, -0.05) is 6.07 Å². The van der Waals surface area contributed by atoms with Gasteiger partial charge in [-0.05, 0) is 50.8 Å². The summed E-state index contributed by atoms with van der Waals surface area (Å²) >= 11 is 0. The Morgan fingerprint density at radius 1 is 1.39 bits per heavy atom. The van der Waals surface area contributed by atoms with Gasteiger partial charge in [-0.25, -0.2) is 0 Å². The number of hydrogen-bond acceptors (Lipinski definition) is 3. The van der Waals surface area contributed by atoms with Crippen molar-refractivity contribution in [2.24, 2.45) is 0 Å². The quantitative estimate of drug-likeness (QED) is 0.864. The van der Waals surface area contributed by atoms with E-state index in [1.807, 2.05) is 6.92 Å². The van der Waals surface area contributed by atoms with Crippen LogP contribution in [0.2, 0.25) is 0 Å². The lowest BCUT2D eigenvalue weighted by molar-refractivity contribution is 0.185. The van der Waals surface area contributed by atoms with Gasteiger partial charge in [-0.2, -0.15) is 0 Å². The standard InChI is InChI=1S/C15H23NO2/c1-10-7-13-14(16-9-12(3)17)5-4-6-18-15(13)8-11(10)2/h7-8,12,14,16-17H,4-6,9H2,1-3H3. The van der Waals surface area contributed by atoms with Gasteiger partial charge < -0.3 is 15.2 Å². The minimum absolute atomic E-state index is 0.288. The van der Waals surface area contributed by atoms with Gasteiger partial charge >= 0.3 is 0 Å². The number of fused-ring (bicyclic) bond motifs is 1. The Bertz CT molecular complexity index is 415. The van der Waals surface area contributed by atoms with Crippen LogP contribution in [0.4, 0.5) is 0 Å². The Hall–Kier alpha value is -1.06. The maximum Gasteiger partial charge on any atom is 0.124 e. The number of aliphatic hydroxyl groups excluding tert-OH is 1. The second-order valence-electron chi connectivity index (χ2n) is 5.27. The van der Waals surface area contributed by atoms with E-state index in [-0.39, 0.29) is 12.1 Å². The molecule has 2 unspecified atom stereocenters. The minimum Gasteiger partial charge on any atom is -0.493 e. The van der Waals surface area contributed by atoms with Crippen LogP contribution in [0.1, 0.15) is 42.5 Å². The molecule has 2 atom stereocenters. The molecule has 3 nitrogen and oxygen atoms in total. The Balaban J connectivity index is 2.26. The number of hydrogen-bond donors (Lipinski definition) is 2. The Morgan fingerprint density at radius 2 is 2.11 bits per heavy atom. The molecule has 1 aliphatic rings. The first-order valence-electron chi connectivity index (χ1n) is 6.73. The summed E-state index contributed by atoms with van der Waals surface area (Å²) in [6.45, 7) is 7.45. The highest BCUT2D eigenvalue weighted by Gasteiger charge is 2.20. The second kappa shape index (κ2) is 5.72. The summed E-state index contributed by atoms with van der Waals surface area (Å²) in [5.41, 5.74) is 3.80. The van der Waals surface area contributed by atoms with Crippen LogP contribution in [0.25, 0.3) is 0 Å². The van der Waals surface area contributed by atoms with E-state index < -0.39 is 0 Å². The van der Waals surface area contributed by atoms with Gasteiger partial charge in [0, 0.05) is 18.2 Å². The maximum atomic E-state index is 9.41. The molecule has 0 fully saturated rings. The van der Waals surface area contributed by atoms with E-state index in [1.54, 1.807) is 0 Å². The van der Waals surface area contributed by atoms with Crippen molar-refractivity contribution in [2.75, 3.05) is 13.2 Å². The van der Waals surface area contributed by atoms with E-state index in [9.17, 15) is 5.11 Å². The van der Waals surface area contributed by atoms with Crippen LogP contribution >= 0.6 is 0 Å². The normalized spacial score (nSPS) is 20.8. The topological polar surface area (TPSA) is 41.5 Å². The largest absolute Gasteiger partial charge is 0.493 e. The van der Waals surface area contributed by atoms with E-state index in [0.717, 1.165) is 25.2 Å². The van der Waals surface area contributed by atoms with Crippen LogP contribution in [0.3, 0.4) is 0 Å². The van der Waals surface area contributed by atoms with Crippen molar-refractivity contribution in [3.05, 3.63) is 28.8 Å². The monoisotopic (exact) mass is 249 g/mol. The lowest BCUT2D eigenvalue weighted by Crippen LogP contribution is -2.28. The van der Waals surface area contributed by atoms with Crippen molar-refractivity contribution in [3.63, 3.8) is 0 Å². The molecule has 1 aromatic carbocycles. The van der Waals surface area contributed by atoms with Crippen molar-refractivity contribution in [1.29, 1.82) is 0 Å². The summed E-state index contributed by atoms with van der Waals surface area (Å²) < 4.78 is 5.82. The number of aryl methyl sites for hydroxylation is 2. The predicted molar refractivity (Wildman–Crippen MR) is 73.1 cm³/mol. The SMILES string of the molecule is Cc1cc2c(cc1C)C(NCC(C)O)CCCO2. The maximum absolute atomic E-state index is 9.41. The summed E-state index contributed by atoms with van der Waals surface area (Å²) in [5.74, 6) is 0.999. The van der Waals surface area contributed by atoms with Crippen LogP contribution in [0, 0.1) is 13.8 Å². The molecule has 1 aliphatic heterocycles. The molecule has 0 saturated carbocycles. The van der Waals surface area contributed by atoms with Gasteiger partial charge in [0.15, 0.2) is 0 Å². The molecule has 0 spiro atoms. The first kappa shape index (κ1) is 13.4. The summed E-state index contributed by atoms with van der Waals surface area (Å²) in [6, 6.07) is 4.64. The average Bonchev–Trinajstić information content (AvgIpc) is 2.50. The third-order valence-electron chi connectivity index (χ3n) is 3.56. The van der Waals surface area contributed by atoms with Crippen LogP contribution in [0.15, 0.2) is 12.1 Å². The Morgan fingerprint density at radius 3 is 2.83 bits per heavy atom. The molecule has 100 valence electrons. The lowest BCUT2D eigenvalue weighted by Gasteiger charge is -2.20. The van der Waals surface area contributed by atoms with E-state index in [2.05, 4.69) is 31.3 Å². The van der Waals surface area contributed by atoms with E-state index >= 15 is 0 Å². The summed E-state index contributed by atoms with van der Waals surface area (Å²) in [6.07, 6.45) is 1.79. The molecule has 0 saturated heterocycles. The summed E-state index contributed by atoms with van der Waals surface area (Å²) in [4.78, 5) is 0. The van der Waals surface area contributed by atoms with Crippen LogP contribution in [-0.2, 0) is 0 Å². The number of aliphatic hydroxyl groups is 1. The van der Waals surface area contributed by atoms with Crippen LogP contribution < -0.4 is 10.1 Å². The molecule has 2 rings (SSSR count). The molecule has 0 radical (unpaired) electrons. The molecule has 0 bridgehead atoms. The Labute approximate surface area is 109 Å². The highest BCUT2D eigenvalue weighted by molar-refractivity contribution is 5.44. The van der Waals surface area contributed by atoms with Crippen LogP contribution in [-0.4, -0.2) is 24.4 Å². The van der Waals surface area contributed by atoms with Gasteiger partial charge in [0.25, 0.3) is 0 Å². The van der Waals surface area contributed by atoms with Crippen molar-refractivity contribution in [2.45, 2.75) is 45.8 Å². The molecular weight excluding hydrogens is 226 g/mol. The molecule has 0 amide bonds. The zero-order chi connectivity index (χ0) is 13.1. The second-order valence-corrected chi connectivity index (χ2v) is 5.27. The van der Waals surface area contributed by atoms with Gasteiger partial charge in [-0.15, -0.1) is 0 Å².